The average molecular weight is 515 g/mol. The van der Waals surface area contributed by atoms with E-state index in [-0.39, 0.29) is 30.5 Å². The van der Waals surface area contributed by atoms with Crippen LogP contribution in [0.25, 0.3) is 22.0 Å². The number of aromatic nitrogens is 2. The van der Waals surface area contributed by atoms with Gasteiger partial charge in [0.2, 0.25) is 0 Å². The molecule has 8 heteroatoms. The number of carbonyl (C=O) groups is 2. The van der Waals surface area contributed by atoms with Gasteiger partial charge in [-0.15, -0.1) is 0 Å². The van der Waals surface area contributed by atoms with Gasteiger partial charge in [0, 0.05) is 46.5 Å². The van der Waals surface area contributed by atoms with Gasteiger partial charge in [-0.3, -0.25) is 14.4 Å². The summed E-state index contributed by atoms with van der Waals surface area (Å²) >= 11 is 0. The molecule has 2 aromatic heterocycles. The van der Waals surface area contributed by atoms with E-state index < -0.39 is 12.0 Å². The van der Waals surface area contributed by atoms with Crippen LogP contribution in [0.4, 0.5) is 0 Å². The van der Waals surface area contributed by atoms with E-state index >= 15 is 0 Å². The largest absolute Gasteiger partial charge is 0.480 e. The summed E-state index contributed by atoms with van der Waals surface area (Å²) in [5.41, 5.74) is 12.7. The van der Waals surface area contributed by atoms with Crippen LogP contribution in [0.5, 0.6) is 0 Å². The monoisotopic (exact) mass is 514 g/mol. The number of nitrogens with two attached hydrogens (primary N) is 1. The van der Waals surface area contributed by atoms with Crippen molar-refractivity contribution in [2.75, 3.05) is 0 Å². The van der Waals surface area contributed by atoms with Crippen molar-refractivity contribution < 1.29 is 14.7 Å². The Bertz CT molecular complexity index is 1580. The molecule has 1 amide bonds. The first kappa shape index (κ1) is 26.9. The van der Waals surface area contributed by atoms with E-state index in [9.17, 15) is 14.4 Å². The van der Waals surface area contributed by atoms with Crippen LogP contribution in [0.2, 0.25) is 0 Å². The van der Waals surface area contributed by atoms with E-state index in [1.807, 2.05) is 57.2 Å². The number of carboxylic acid groups (broad SMARTS) is 1. The average Bonchev–Trinajstić information content (AvgIpc) is 3.19. The van der Waals surface area contributed by atoms with Gasteiger partial charge in [0.05, 0.1) is 0 Å². The SMILES string of the molecule is Cc1cc(C)c(CNC(=O)c2cc(-c3ccc(CC(N)C(=O)O)cc3)cc3c2c(C)cn3C(C)C)c(=O)[nH]1. The number of carboxylic acids is 1. The Morgan fingerprint density at radius 2 is 1.71 bits per heavy atom. The summed E-state index contributed by atoms with van der Waals surface area (Å²) in [4.78, 5) is 40.0. The first-order chi connectivity index (χ1) is 18.0. The maximum Gasteiger partial charge on any atom is 0.320 e. The number of nitrogens with zero attached hydrogens (tertiary/aromatic N) is 1. The van der Waals surface area contributed by atoms with Crippen LogP contribution < -0.4 is 16.6 Å². The van der Waals surface area contributed by atoms with Crippen molar-refractivity contribution in [3.8, 4) is 11.1 Å². The first-order valence-corrected chi connectivity index (χ1v) is 12.7. The molecule has 4 rings (SSSR count). The van der Waals surface area contributed by atoms with Crippen LogP contribution in [0.1, 0.15) is 58.2 Å². The van der Waals surface area contributed by atoms with Crippen LogP contribution in [0.15, 0.2) is 53.5 Å². The molecule has 1 atom stereocenters. The summed E-state index contributed by atoms with van der Waals surface area (Å²) in [5.74, 6) is -1.30. The highest BCUT2D eigenvalue weighted by Crippen LogP contribution is 2.33. The topological polar surface area (TPSA) is 130 Å². The minimum atomic E-state index is -1.04. The van der Waals surface area contributed by atoms with Crippen LogP contribution in [0, 0.1) is 20.8 Å². The summed E-state index contributed by atoms with van der Waals surface area (Å²) in [5, 5.41) is 12.9. The molecule has 198 valence electrons. The Morgan fingerprint density at radius 3 is 2.32 bits per heavy atom. The van der Waals surface area contributed by atoms with Crippen molar-refractivity contribution in [2.24, 2.45) is 5.73 Å². The highest BCUT2D eigenvalue weighted by Gasteiger charge is 2.20. The molecule has 0 aliphatic carbocycles. The Labute approximate surface area is 221 Å². The van der Waals surface area contributed by atoms with E-state index in [2.05, 4.69) is 41.0 Å². The van der Waals surface area contributed by atoms with E-state index in [0.29, 0.717) is 11.1 Å². The molecule has 1 unspecified atom stereocenters. The number of aliphatic carboxylic acids is 1. The lowest BCUT2D eigenvalue weighted by molar-refractivity contribution is -0.138. The van der Waals surface area contributed by atoms with Gasteiger partial charge in [-0.2, -0.15) is 0 Å². The molecule has 0 saturated heterocycles. The normalized spacial score (nSPS) is 12.2. The molecule has 0 bridgehead atoms. The summed E-state index contributed by atoms with van der Waals surface area (Å²) in [6, 6.07) is 12.6. The zero-order valence-corrected chi connectivity index (χ0v) is 22.4. The number of amides is 1. The summed E-state index contributed by atoms with van der Waals surface area (Å²) in [6.07, 6.45) is 2.29. The number of hydrogen-bond acceptors (Lipinski definition) is 4. The maximum atomic E-state index is 13.6. The molecule has 0 fully saturated rings. The summed E-state index contributed by atoms with van der Waals surface area (Å²) in [6.45, 7) is 9.99. The number of aromatic amines is 1. The minimum Gasteiger partial charge on any atom is -0.480 e. The lowest BCUT2D eigenvalue weighted by atomic mass is 9.96. The van der Waals surface area contributed by atoms with Crippen molar-refractivity contribution in [1.82, 2.24) is 14.9 Å². The summed E-state index contributed by atoms with van der Waals surface area (Å²) < 4.78 is 2.15. The molecule has 8 nitrogen and oxygen atoms in total. The quantitative estimate of drug-likeness (QED) is 0.277. The van der Waals surface area contributed by atoms with Crippen LogP contribution in [-0.2, 0) is 17.8 Å². The second-order valence-corrected chi connectivity index (χ2v) is 10.2. The minimum absolute atomic E-state index is 0.120. The van der Waals surface area contributed by atoms with E-state index in [0.717, 1.165) is 44.4 Å². The first-order valence-electron chi connectivity index (χ1n) is 12.7. The second-order valence-electron chi connectivity index (χ2n) is 10.2. The van der Waals surface area contributed by atoms with Crippen molar-refractivity contribution >= 4 is 22.8 Å². The third-order valence-corrected chi connectivity index (χ3v) is 6.90. The van der Waals surface area contributed by atoms with Gasteiger partial charge in [-0.05, 0) is 87.1 Å². The highest BCUT2D eigenvalue weighted by molar-refractivity contribution is 6.09. The Balaban J connectivity index is 1.74. The van der Waals surface area contributed by atoms with Crippen molar-refractivity contribution in [1.29, 1.82) is 0 Å². The molecule has 2 aromatic carbocycles. The third kappa shape index (κ3) is 5.40. The van der Waals surface area contributed by atoms with Crippen molar-refractivity contribution in [3.05, 3.63) is 92.5 Å². The molecule has 2 heterocycles. The van der Waals surface area contributed by atoms with E-state index in [4.69, 9.17) is 10.8 Å². The molecular formula is C30H34N4O4. The molecule has 4 aromatic rings. The molecule has 5 N–H and O–H groups in total. The van der Waals surface area contributed by atoms with Gasteiger partial charge in [-0.1, -0.05) is 24.3 Å². The number of rotatable bonds is 8. The van der Waals surface area contributed by atoms with Gasteiger partial charge in [0.15, 0.2) is 0 Å². The van der Waals surface area contributed by atoms with Crippen molar-refractivity contribution in [3.63, 3.8) is 0 Å². The zero-order chi connectivity index (χ0) is 27.7. The number of nitrogens with one attached hydrogen (secondary N) is 2. The lowest BCUT2D eigenvalue weighted by Crippen LogP contribution is -2.32. The van der Waals surface area contributed by atoms with Crippen LogP contribution in [-0.4, -0.2) is 32.6 Å². The van der Waals surface area contributed by atoms with Gasteiger partial charge in [0.1, 0.15) is 6.04 Å². The summed E-state index contributed by atoms with van der Waals surface area (Å²) in [7, 11) is 0. The molecule has 0 spiro atoms. The molecule has 38 heavy (non-hydrogen) atoms. The van der Waals surface area contributed by atoms with Crippen LogP contribution >= 0.6 is 0 Å². The fraction of sp³-hybridized carbons (Fsp3) is 0.300. The van der Waals surface area contributed by atoms with E-state index in [1.54, 1.807) is 0 Å². The third-order valence-electron chi connectivity index (χ3n) is 6.90. The number of fused-ring (bicyclic) bond motifs is 1. The maximum absolute atomic E-state index is 13.6. The highest BCUT2D eigenvalue weighted by atomic mass is 16.4. The fourth-order valence-electron chi connectivity index (χ4n) is 4.90. The molecule has 0 saturated carbocycles. The van der Waals surface area contributed by atoms with Crippen molar-refractivity contribution in [2.45, 2.75) is 59.7 Å². The van der Waals surface area contributed by atoms with Gasteiger partial charge >= 0.3 is 5.97 Å². The molecule has 0 radical (unpaired) electrons. The molecule has 0 aliphatic heterocycles. The standard InChI is InChI=1S/C30H34N4O4/c1-16(2)34-15-18(4)27-23(28(35)32-14-24-17(3)10-19(5)33-29(24)36)12-22(13-26(27)34)21-8-6-20(7-9-21)11-25(31)30(37)38/h6-10,12-13,15-16,25H,11,14,31H2,1-5H3,(H,32,35)(H,33,36)(H,37,38). The van der Waals surface area contributed by atoms with Gasteiger partial charge in [-0.25, -0.2) is 0 Å². The number of hydrogen-bond donors (Lipinski definition) is 4. The Hall–Kier alpha value is -4.17. The predicted octanol–water partition coefficient (Wildman–Crippen LogP) is 4.39. The predicted molar refractivity (Wildman–Crippen MR) is 150 cm³/mol. The number of carbonyl (C=O) groups excluding carboxylic acids is 1. The Kier molecular flexibility index (Phi) is 7.55. The number of H-pyrrole nitrogens is 1. The fourth-order valence-corrected chi connectivity index (χ4v) is 4.90. The molecular weight excluding hydrogens is 480 g/mol. The molecule has 0 aliphatic rings. The Morgan fingerprint density at radius 1 is 1.03 bits per heavy atom. The smallest absolute Gasteiger partial charge is 0.320 e. The van der Waals surface area contributed by atoms with Crippen LogP contribution in [0.3, 0.4) is 0 Å². The number of aryl methyl sites for hydroxylation is 3. The number of benzene rings is 2. The van der Waals surface area contributed by atoms with Gasteiger partial charge < -0.3 is 25.7 Å². The van der Waals surface area contributed by atoms with Gasteiger partial charge in [0.25, 0.3) is 11.5 Å². The number of pyridine rings is 1. The lowest BCUT2D eigenvalue weighted by Gasteiger charge is -2.14. The zero-order valence-electron chi connectivity index (χ0n) is 22.4. The van der Waals surface area contributed by atoms with E-state index in [1.165, 1.54) is 0 Å². The second kappa shape index (κ2) is 10.7.